The fraction of sp³-hybridized carbons (Fsp3) is 0.435. The molecule has 6 nitrogen and oxygen atoms in total. The lowest BCUT2D eigenvalue weighted by molar-refractivity contribution is 0.102. The van der Waals surface area contributed by atoms with Crippen LogP contribution >= 0.6 is 11.8 Å². The minimum Gasteiger partial charge on any atom is -0.383 e. The van der Waals surface area contributed by atoms with Crippen molar-refractivity contribution >= 4 is 28.4 Å². The number of aryl methyl sites for hydroxylation is 1. The number of aromatic nitrogens is 3. The van der Waals surface area contributed by atoms with Crippen molar-refractivity contribution in [2.75, 3.05) is 19.5 Å². The van der Waals surface area contributed by atoms with Crippen LogP contribution in [0.3, 0.4) is 0 Å². The fourth-order valence-electron chi connectivity index (χ4n) is 4.14. The van der Waals surface area contributed by atoms with Crippen LogP contribution in [0.25, 0.3) is 10.9 Å². The van der Waals surface area contributed by atoms with Crippen molar-refractivity contribution in [1.29, 1.82) is 0 Å². The lowest BCUT2D eigenvalue weighted by Gasteiger charge is -2.17. The molecule has 0 N–H and O–H groups in total. The molecule has 0 amide bonds. The Hall–Kier alpha value is -2.38. The van der Waals surface area contributed by atoms with Crippen LogP contribution in [0.5, 0.6) is 0 Å². The number of rotatable bonds is 8. The predicted molar refractivity (Wildman–Crippen MR) is 120 cm³/mol. The number of hydrogen-bond donors (Lipinski definition) is 0. The second-order valence-electron chi connectivity index (χ2n) is 7.99. The van der Waals surface area contributed by atoms with Crippen molar-refractivity contribution in [3.8, 4) is 0 Å². The lowest BCUT2D eigenvalue weighted by atomic mass is 10.2. The van der Waals surface area contributed by atoms with Crippen LogP contribution in [0.15, 0.2) is 40.3 Å². The molecular formula is C23H27N3O3S. The van der Waals surface area contributed by atoms with E-state index in [1.807, 2.05) is 44.2 Å². The molecule has 158 valence electrons. The van der Waals surface area contributed by atoms with E-state index in [9.17, 15) is 9.59 Å². The van der Waals surface area contributed by atoms with Gasteiger partial charge < -0.3 is 9.30 Å². The highest BCUT2D eigenvalue weighted by atomic mass is 32.2. The zero-order valence-corrected chi connectivity index (χ0v) is 18.7. The molecule has 1 fully saturated rings. The van der Waals surface area contributed by atoms with Crippen molar-refractivity contribution in [1.82, 2.24) is 14.1 Å². The molecule has 0 unspecified atom stereocenters. The topological polar surface area (TPSA) is 66.1 Å². The van der Waals surface area contributed by atoms with Crippen LogP contribution in [-0.4, -0.2) is 39.4 Å². The van der Waals surface area contributed by atoms with Crippen LogP contribution in [0.4, 0.5) is 0 Å². The van der Waals surface area contributed by atoms with Gasteiger partial charge in [-0.1, -0.05) is 23.9 Å². The minimum atomic E-state index is -0.00961. The first-order valence-electron chi connectivity index (χ1n) is 10.3. The molecule has 0 spiro atoms. The molecule has 1 atom stereocenters. The number of methoxy groups -OCH3 is 1. The number of fused-ring (bicyclic) bond motifs is 1. The average molecular weight is 426 g/mol. The van der Waals surface area contributed by atoms with Gasteiger partial charge in [-0.15, -0.1) is 0 Å². The Labute approximate surface area is 180 Å². The number of ether oxygens (including phenoxy) is 1. The number of Topliss-reactive ketones (excluding diaryl/α,β-unsaturated/α-hetero) is 1. The highest BCUT2D eigenvalue weighted by Gasteiger charge is 2.29. The third-order valence-electron chi connectivity index (χ3n) is 5.65. The normalized spacial score (nSPS) is 14.9. The van der Waals surface area contributed by atoms with Crippen LogP contribution < -0.4 is 5.56 Å². The monoisotopic (exact) mass is 425 g/mol. The zero-order valence-electron chi connectivity index (χ0n) is 17.8. The van der Waals surface area contributed by atoms with E-state index in [4.69, 9.17) is 9.72 Å². The summed E-state index contributed by atoms with van der Waals surface area (Å²) < 4.78 is 9.21. The second-order valence-corrected chi connectivity index (χ2v) is 8.93. The van der Waals surface area contributed by atoms with Gasteiger partial charge in [-0.3, -0.25) is 14.2 Å². The first kappa shape index (κ1) is 20.9. The highest BCUT2D eigenvalue weighted by Crippen LogP contribution is 2.37. The third-order valence-corrected chi connectivity index (χ3v) is 6.61. The number of thioether (sulfide) groups is 1. The zero-order chi connectivity index (χ0) is 21.4. The molecule has 0 saturated heterocycles. The van der Waals surface area contributed by atoms with E-state index in [-0.39, 0.29) is 29.2 Å². The van der Waals surface area contributed by atoms with Gasteiger partial charge in [-0.2, -0.15) is 0 Å². The Balaban J connectivity index is 1.61. The Kier molecular flexibility index (Phi) is 5.84. The summed E-state index contributed by atoms with van der Waals surface area (Å²) in [5.41, 5.74) is 3.40. The Morgan fingerprint density at radius 3 is 2.73 bits per heavy atom. The van der Waals surface area contributed by atoms with Crippen LogP contribution in [0, 0.1) is 13.8 Å². The van der Waals surface area contributed by atoms with E-state index in [1.165, 1.54) is 11.8 Å². The van der Waals surface area contributed by atoms with E-state index in [1.54, 1.807) is 11.7 Å². The smallest absolute Gasteiger partial charge is 0.262 e. The predicted octanol–water partition coefficient (Wildman–Crippen LogP) is 4.33. The molecular weight excluding hydrogens is 398 g/mol. The molecule has 1 aliphatic carbocycles. The number of carbonyl (C=O) groups excluding carboxylic acids is 1. The largest absolute Gasteiger partial charge is 0.383 e. The number of benzene rings is 1. The SMILES string of the molecule is COC[C@@H](C)n1c(C)cc(C(=O)CSc2nc3ccccc3c(=O)n2C2CC2)c1C. The number of carbonyl (C=O) groups is 1. The molecule has 7 heteroatoms. The van der Waals surface area contributed by atoms with Crippen molar-refractivity contribution < 1.29 is 9.53 Å². The van der Waals surface area contributed by atoms with E-state index in [2.05, 4.69) is 11.5 Å². The van der Waals surface area contributed by atoms with E-state index < -0.39 is 0 Å². The first-order valence-corrected chi connectivity index (χ1v) is 11.3. The van der Waals surface area contributed by atoms with E-state index >= 15 is 0 Å². The Morgan fingerprint density at radius 2 is 2.03 bits per heavy atom. The summed E-state index contributed by atoms with van der Waals surface area (Å²) in [4.78, 5) is 30.8. The van der Waals surface area contributed by atoms with Crippen LogP contribution in [0.2, 0.25) is 0 Å². The van der Waals surface area contributed by atoms with Crippen LogP contribution in [0.1, 0.15) is 53.6 Å². The summed E-state index contributed by atoms with van der Waals surface area (Å²) >= 11 is 1.36. The Bertz CT molecular complexity index is 1160. The van der Waals surface area contributed by atoms with E-state index in [0.29, 0.717) is 22.7 Å². The maximum absolute atomic E-state index is 13.0. The highest BCUT2D eigenvalue weighted by molar-refractivity contribution is 7.99. The molecule has 30 heavy (non-hydrogen) atoms. The molecule has 1 aromatic carbocycles. The summed E-state index contributed by atoms with van der Waals surface area (Å²) in [5, 5.41) is 1.27. The van der Waals surface area contributed by atoms with Crippen molar-refractivity contribution in [3.05, 3.63) is 57.6 Å². The molecule has 1 aliphatic rings. The fourth-order valence-corrected chi connectivity index (χ4v) is 5.09. The maximum atomic E-state index is 13.0. The first-order chi connectivity index (χ1) is 14.4. The van der Waals surface area contributed by atoms with Crippen molar-refractivity contribution in [3.63, 3.8) is 0 Å². The van der Waals surface area contributed by atoms with Gasteiger partial charge >= 0.3 is 0 Å². The van der Waals surface area contributed by atoms with Crippen LogP contribution in [-0.2, 0) is 4.74 Å². The van der Waals surface area contributed by atoms with Crippen molar-refractivity contribution in [2.45, 2.75) is 50.9 Å². The lowest BCUT2D eigenvalue weighted by Crippen LogP contribution is -2.23. The molecule has 0 radical (unpaired) electrons. The Morgan fingerprint density at radius 1 is 1.30 bits per heavy atom. The van der Waals surface area contributed by atoms with Gasteiger partial charge in [-0.05, 0) is 51.8 Å². The number of hydrogen-bond acceptors (Lipinski definition) is 5. The maximum Gasteiger partial charge on any atom is 0.262 e. The van der Waals surface area contributed by atoms with Gasteiger partial charge in [0.25, 0.3) is 5.56 Å². The second kappa shape index (κ2) is 8.40. The van der Waals surface area contributed by atoms with Gasteiger partial charge in [-0.25, -0.2) is 4.98 Å². The molecule has 2 aromatic heterocycles. The molecule has 0 bridgehead atoms. The van der Waals surface area contributed by atoms with Gasteiger partial charge in [0, 0.05) is 30.1 Å². The quantitative estimate of drug-likeness (QED) is 0.305. The molecule has 0 aliphatic heterocycles. The number of ketones is 1. The third kappa shape index (κ3) is 3.84. The van der Waals surface area contributed by atoms with Gasteiger partial charge in [0.05, 0.1) is 29.3 Å². The summed E-state index contributed by atoms with van der Waals surface area (Å²) in [5.74, 6) is 0.300. The van der Waals surface area contributed by atoms with E-state index in [0.717, 1.165) is 29.8 Å². The molecule has 2 heterocycles. The van der Waals surface area contributed by atoms with Crippen molar-refractivity contribution in [2.24, 2.45) is 0 Å². The standard InChI is InChI=1S/C23H27N3O3S/c1-14-11-19(16(3)25(14)15(2)12-29-4)21(27)13-30-23-24-20-8-6-5-7-18(20)22(28)26(23)17-9-10-17/h5-8,11,15,17H,9-10,12-13H2,1-4H3/t15-/m1/s1. The van der Waals surface area contributed by atoms with Gasteiger partial charge in [0.15, 0.2) is 10.9 Å². The average Bonchev–Trinajstić information content (AvgIpc) is 3.50. The summed E-state index contributed by atoms with van der Waals surface area (Å²) in [6, 6.07) is 9.72. The molecule has 1 saturated carbocycles. The molecule has 4 rings (SSSR count). The number of nitrogens with zero attached hydrogens (tertiary/aromatic N) is 3. The number of para-hydroxylation sites is 1. The minimum absolute atomic E-state index is 0.00961. The van der Waals surface area contributed by atoms with Gasteiger partial charge in [0.2, 0.25) is 0 Å². The summed E-state index contributed by atoms with van der Waals surface area (Å²) in [6.07, 6.45) is 1.97. The van der Waals surface area contributed by atoms with Gasteiger partial charge in [0.1, 0.15) is 0 Å². The summed E-state index contributed by atoms with van der Waals surface area (Å²) in [6.45, 7) is 6.66. The summed E-state index contributed by atoms with van der Waals surface area (Å²) in [7, 11) is 1.68. The molecule has 3 aromatic rings.